The zero-order valence-corrected chi connectivity index (χ0v) is 18.2. The van der Waals surface area contributed by atoms with Gasteiger partial charge in [0.05, 0.1) is 6.61 Å². The second kappa shape index (κ2) is 9.23. The largest absolute Gasteiger partial charge is 0.490 e. The molecule has 3 unspecified atom stereocenters. The number of rotatable bonds is 9. The predicted octanol–water partition coefficient (Wildman–Crippen LogP) is -0.915. The van der Waals surface area contributed by atoms with Crippen LogP contribution in [-0.2, 0) is 31.6 Å². The van der Waals surface area contributed by atoms with Crippen LogP contribution in [0, 0.1) is 0 Å². The minimum absolute atomic E-state index is 0.627. The molecule has 0 radical (unpaired) electrons. The summed E-state index contributed by atoms with van der Waals surface area (Å²) in [6, 6.07) is 0.867. The molecule has 1 aliphatic rings. The van der Waals surface area contributed by atoms with Gasteiger partial charge in [-0.3, -0.25) is 18.9 Å². The van der Waals surface area contributed by atoms with Gasteiger partial charge in [0.2, 0.25) is 0 Å². The van der Waals surface area contributed by atoms with Crippen LogP contribution in [0.1, 0.15) is 6.23 Å². The third-order valence-electron chi connectivity index (χ3n) is 3.68. The van der Waals surface area contributed by atoms with E-state index in [4.69, 9.17) is 31.0 Å². The fraction of sp³-hybridized carbons (Fsp3) is 0.600. The second-order valence-corrected chi connectivity index (χ2v) is 11.1. The van der Waals surface area contributed by atoms with Gasteiger partial charge in [0, 0.05) is 12.3 Å². The van der Waals surface area contributed by atoms with E-state index in [0.29, 0.717) is 4.57 Å². The van der Waals surface area contributed by atoms with Crippen molar-refractivity contribution in [1.82, 2.24) is 9.55 Å². The number of aromatic nitrogens is 2. The highest BCUT2D eigenvalue weighted by atomic mass is 35.5. The maximum Gasteiger partial charge on any atom is 0.490 e. The van der Waals surface area contributed by atoms with E-state index in [2.05, 4.69) is 13.1 Å². The quantitative estimate of drug-likeness (QED) is 0.166. The molecule has 0 aliphatic carbocycles. The summed E-state index contributed by atoms with van der Waals surface area (Å²) in [5.74, 6) is 0. The van der Waals surface area contributed by atoms with Crippen LogP contribution in [0.3, 0.4) is 0 Å². The summed E-state index contributed by atoms with van der Waals surface area (Å²) in [7, 11) is -16.9. The van der Waals surface area contributed by atoms with Crippen molar-refractivity contribution in [1.29, 1.82) is 0 Å². The molecule has 1 aromatic rings. The molecule has 6 N–H and O–H groups in total. The van der Waals surface area contributed by atoms with Crippen molar-refractivity contribution in [2.75, 3.05) is 13.3 Å². The number of hydrogen-bond acceptors (Lipinski definition) is 10. The van der Waals surface area contributed by atoms with Gasteiger partial charge in [0.15, 0.2) is 6.23 Å². The predicted molar refractivity (Wildman–Crippen MR) is 95.6 cm³/mol. The lowest BCUT2D eigenvalue weighted by atomic mass is 10.00. The molecule has 178 valence electrons. The molecule has 16 nitrogen and oxygen atoms in total. The zero-order valence-electron chi connectivity index (χ0n) is 14.8. The number of aromatic amines is 1. The van der Waals surface area contributed by atoms with Crippen LogP contribution in [0.4, 0.5) is 4.39 Å². The lowest BCUT2D eigenvalue weighted by Gasteiger charge is -2.27. The molecule has 1 aliphatic heterocycles. The average Bonchev–Trinajstić information content (AvgIpc) is 2.82. The molecule has 2 rings (SSSR count). The smallest absolute Gasteiger partial charge is 0.388 e. The molecular formula is C10H15ClFN2O14P3. The van der Waals surface area contributed by atoms with Crippen LogP contribution in [-0.4, -0.2) is 64.6 Å². The van der Waals surface area contributed by atoms with Gasteiger partial charge in [0.1, 0.15) is 23.8 Å². The van der Waals surface area contributed by atoms with Crippen molar-refractivity contribution in [3.63, 3.8) is 0 Å². The maximum absolute atomic E-state index is 13.6. The highest BCUT2D eigenvalue weighted by molar-refractivity contribution is 7.66. The Morgan fingerprint density at radius 1 is 1.19 bits per heavy atom. The summed E-state index contributed by atoms with van der Waals surface area (Å²) >= 11 is 6.03. The van der Waals surface area contributed by atoms with Crippen molar-refractivity contribution in [3.05, 3.63) is 33.1 Å². The van der Waals surface area contributed by atoms with Crippen LogP contribution < -0.4 is 11.2 Å². The number of aliphatic hydroxyl groups excluding tert-OH is 1. The number of alkyl halides is 2. The standard InChI is InChI=1S/C10H15ClFN2O14P3/c11-10(4-12)7(16)5(26-8(10)14-2-1-6(15)13-9(14)17)3-25-30(21,22)28-31(23,24)27-29(18,19)20/h1-2,5,7-8,16H,3-4H2,(H,21,22)(H,23,24)(H,13,15,17)(H2,18,19,20)/t5-,7?,8-,10-/m1/s1. The van der Waals surface area contributed by atoms with Crippen molar-refractivity contribution >= 4 is 35.1 Å². The molecule has 0 aromatic carbocycles. The molecule has 21 heteroatoms. The Morgan fingerprint density at radius 3 is 2.32 bits per heavy atom. The minimum Gasteiger partial charge on any atom is -0.388 e. The molecule has 0 spiro atoms. The van der Waals surface area contributed by atoms with E-state index in [1.165, 1.54) is 0 Å². The van der Waals surface area contributed by atoms with E-state index < -0.39 is 71.3 Å². The first-order valence-electron chi connectivity index (χ1n) is 7.68. The van der Waals surface area contributed by atoms with E-state index in [1.54, 1.807) is 0 Å². The van der Waals surface area contributed by atoms with Crippen molar-refractivity contribution in [2.45, 2.75) is 23.3 Å². The Kier molecular flexibility index (Phi) is 7.89. The first-order valence-corrected chi connectivity index (χ1v) is 12.6. The molecule has 31 heavy (non-hydrogen) atoms. The SMILES string of the molecule is O=c1ccn([C@@H]2O[C@H](COP(=O)(O)OP(=O)(O)OP(=O)(O)O)C(O)[C@]2(Cl)CF)c(=O)[nH]1. The number of aliphatic hydroxyl groups is 1. The topological polar surface area (TPSA) is 244 Å². The average molecular weight is 535 g/mol. The molecule has 2 heterocycles. The highest BCUT2D eigenvalue weighted by Gasteiger charge is 2.57. The Morgan fingerprint density at radius 2 is 1.81 bits per heavy atom. The molecule has 6 atom stereocenters. The monoisotopic (exact) mass is 534 g/mol. The summed E-state index contributed by atoms with van der Waals surface area (Å²) in [6.07, 6.45) is -4.57. The van der Waals surface area contributed by atoms with Gasteiger partial charge >= 0.3 is 29.2 Å². The maximum atomic E-state index is 13.6. The van der Waals surface area contributed by atoms with Crippen LogP contribution in [0.25, 0.3) is 0 Å². The van der Waals surface area contributed by atoms with E-state index in [0.717, 1.165) is 12.3 Å². The van der Waals surface area contributed by atoms with Gasteiger partial charge in [-0.25, -0.2) is 22.9 Å². The fourth-order valence-electron chi connectivity index (χ4n) is 2.46. The summed E-state index contributed by atoms with van der Waals surface area (Å²) in [6.45, 7) is -2.63. The number of H-pyrrole nitrogens is 1. The number of halogens is 2. The molecule has 1 aromatic heterocycles. The van der Waals surface area contributed by atoms with Crippen LogP contribution >= 0.6 is 35.1 Å². The minimum atomic E-state index is -5.78. The number of phosphoric acid groups is 3. The first kappa shape index (κ1) is 26.5. The molecule has 0 amide bonds. The zero-order chi connectivity index (χ0) is 23.8. The summed E-state index contributed by atoms with van der Waals surface area (Å²) in [4.78, 5) is 58.1. The van der Waals surface area contributed by atoms with Gasteiger partial charge in [-0.05, 0) is 0 Å². The molecule has 0 bridgehead atoms. The van der Waals surface area contributed by atoms with Crippen LogP contribution in [0.5, 0.6) is 0 Å². The van der Waals surface area contributed by atoms with Crippen molar-refractivity contribution in [3.8, 4) is 0 Å². The Labute approximate surface area is 175 Å². The summed E-state index contributed by atoms with van der Waals surface area (Å²) < 4.78 is 64.4. The van der Waals surface area contributed by atoms with Gasteiger partial charge in [-0.2, -0.15) is 8.62 Å². The molecule has 0 saturated carbocycles. The number of hydrogen-bond donors (Lipinski definition) is 6. The Hall–Kier alpha value is -0.770. The van der Waals surface area contributed by atoms with E-state index in [-0.39, 0.29) is 0 Å². The second-order valence-electron chi connectivity index (χ2n) is 5.94. The third kappa shape index (κ3) is 6.62. The summed E-state index contributed by atoms with van der Waals surface area (Å²) in [5.41, 5.74) is -1.89. The lowest BCUT2D eigenvalue weighted by Crippen LogP contribution is -2.46. The third-order valence-corrected chi connectivity index (χ3v) is 8.00. The van der Waals surface area contributed by atoms with Crippen LogP contribution in [0.2, 0.25) is 0 Å². The number of phosphoric ester groups is 1. The van der Waals surface area contributed by atoms with E-state index >= 15 is 0 Å². The normalized spacial score (nSPS) is 30.6. The summed E-state index contributed by atoms with van der Waals surface area (Å²) in [5, 5.41) is 10.3. The van der Waals surface area contributed by atoms with Gasteiger partial charge in [-0.1, -0.05) is 0 Å². The number of ether oxygens (including phenoxy) is 1. The molecule has 1 saturated heterocycles. The van der Waals surface area contributed by atoms with Gasteiger partial charge in [-0.15, -0.1) is 11.6 Å². The molecular weight excluding hydrogens is 519 g/mol. The highest BCUT2D eigenvalue weighted by Crippen LogP contribution is 2.66. The Bertz CT molecular complexity index is 1070. The van der Waals surface area contributed by atoms with E-state index in [9.17, 15) is 37.7 Å². The van der Waals surface area contributed by atoms with Crippen molar-refractivity contribution in [2.24, 2.45) is 0 Å². The first-order chi connectivity index (χ1) is 14.0. The number of nitrogens with one attached hydrogen (secondary N) is 1. The van der Waals surface area contributed by atoms with Gasteiger partial charge in [0.25, 0.3) is 5.56 Å². The van der Waals surface area contributed by atoms with Gasteiger partial charge < -0.3 is 29.4 Å². The lowest BCUT2D eigenvalue weighted by molar-refractivity contribution is -0.0467. The molecule has 1 fully saturated rings. The van der Waals surface area contributed by atoms with E-state index in [1.807, 2.05) is 4.98 Å². The number of nitrogens with zero attached hydrogens (tertiary/aromatic N) is 1. The van der Waals surface area contributed by atoms with Crippen molar-refractivity contribution < 1.29 is 60.6 Å². The Balaban J connectivity index is 2.18. The van der Waals surface area contributed by atoms with Crippen LogP contribution in [0.15, 0.2) is 21.9 Å². The fourth-order valence-corrected chi connectivity index (χ4v) is 5.79.